The molecule has 1 aromatic carbocycles. The van der Waals surface area contributed by atoms with Crippen molar-refractivity contribution in [3.05, 3.63) is 39.5 Å². The zero-order valence-corrected chi connectivity index (χ0v) is 12.8. The Bertz CT molecular complexity index is 594. The molecule has 0 saturated heterocycles. The summed E-state index contributed by atoms with van der Waals surface area (Å²) in [4.78, 5) is 4.85. The number of aromatic hydroxyl groups is 1. The highest BCUT2D eigenvalue weighted by Crippen LogP contribution is 2.40. The molecule has 1 aliphatic heterocycles. The molecule has 2 nitrogen and oxygen atoms in total. The normalized spacial score (nSPS) is 19.1. The number of nitrogens with zero attached hydrogens (tertiary/aromatic N) is 1. The number of aliphatic imine (C=N–C) groups is 1. The van der Waals surface area contributed by atoms with E-state index in [0.717, 1.165) is 28.8 Å². The monoisotopic (exact) mass is 257 g/mol. The van der Waals surface area contributed by atoms with Crippen LogP contribution in [-0.2, 0) is 0 Å². The van der Waals surface area contributed by atoms with Gasteiger partial charge in [0.05, 0.1) is 6.04 Å². The molecular weight excluding hydrogens is 234 g/mol. The van der Waals surface area contributed by atoms with E-state index in [1.165, 1.54) is 16.7 Å². The number of phenols is 1. The lowest BCUT2D eigenvalue weighted by molar-refractivity contribution is 0.469. The average molecular weight is 257 g/mol. The Morgan fingerprint density at radius 1 is 1.11 bits per heavy atom. The van der Waals surface area contributed by atoms with E-state index >= 15 is 0 Å². The minimum Gasteiger partial charge on any atom is -0.508 e. The predicted molar refractivity (Wildman–Crippen MR) is 81.2 cm³/mol. The first kappa shape index (κ1) is 13.9. The molecule has 0 bridgehead atoms. The Balaban J connectivity index is 2.63. The first-order valence-electron chi connectivity index (χ1n) is 6.92. The molecule has 0 radical (unpaired) electrons. The standard InChI is InChI=1S/C17H23NO/c1-7-14-12(5)17(18-13(14)6)16-9(2)8-15(19)10(3)11(16)4/h8,17,19H,7H2,1-6H3. The van der Waals surface area contributed by atoms with Crippen LogP contribution in [0.25, 0.3) is 0 Å². The van der Waals surface area contributed by atoms with Crippen molar-refractivity contribution in [3.8, 4) is 5.75 Å². The van der Waals surface area contributed by atoms with Gasteiger partial charge in [-0.05, 0) is 80.5 Å². The summed E-state index contributed by atoms with van der Waals surface area (Å²) in [6, 6.07) is 1.99. The van der Waals surface area contributed by atoms with E-state index in [9.17, 15) is 5.11 Å². The lowest BCUT2D eigenvalue weighted by Gasteiger charge is -2.19. The number of hydrogen-bond acceptors (Lipinski definition) is 2. The number of allylic oxidation sites excluding steroid dienone is 1. The summed E-state index contributed by atoms with van der Waals surface area (Å²) in [5, 5.41) is 9.92. The van der Waals surface area contributed by atoms with Crippen molar-refractivity contribution in [1.29, 1.82) is 0 Å². The van der Waals surface area contributed by atoms with Crippen molar-refractivity contribution in [2.75, 3.05) is 0 Å². The topological polar surface area (TPSA) is 32.6 Å². The number of phenolic OH excluding ortho intramolecular Hbond substituents is 1. The van der Waals surface area contributed by atoms with Crippen LogP contribution in [0.2, 0.25) is 0 Å². The van der Waals surface area contributed by atoms with Crippen LogP contribution in [0.5, 0.6) is 5.75 Å². The molecule has 1 unspecified atom stereocenters. The molecule has 1 atom stereocenters. The van der Waals surface area contributed by atoms with E-state index in [1.807, 2.05) is 13.0 Å². The summed E-state index contributed by atoms with van der Waals surface area (Å²) in [5.41, 5.74) is 8.41. The summed E-state index contributed by atoms with van der Waals surface area (Å²) in [7, 11) is 0. The molecule has 1 aliphatic rings. The lowest BCUT2D eigenvalue weighted by Crippen LogP contribution is -2.03. The van der Waals surface area contributed by atoms with Gasteiger partial charge in [-0.2, -0.15) is 0 Å². The van der Waals surface area contributed by atoms with Crippen LogP contribution < -0.4 is 0 Å². The van der Waals surface area contributed by atoms with Gasteiger partial charge >= 0.3 is 0 Å². The molecule has 19 heavy (non-hydrogen) atoms. The lowest BCUT2D eigenvalue weighted by atomic mass is 9.88. The summed E-state index contributed by atoms with van der Waals surface area (Å²) in [6.07, 6.45) is 1.03. The van der Waals surface area contributed by atoms with Crippen LogP contribution in [0, 0.1) is 20.8 Å². The first-order valence-corrected chi connectivity index (χ1v) is 6.92. The maximum atomic E-state index is 9.92. The van der Waals surface area contributed by atoms with Crippen molar-refractivity contribution >= 4 is 5.71 Å². The van der Waals surface area contributed by atoms with Crippen LogP contribution in [-0.4, -0.2) is 10.8 Å². The Hall–Kier alpha value is -1.57. The third kappa shape index (κ3) is 2.09. The molecule has 0 saturated carbocycles. The van der Waals surface area contributed by atoms with E-state index in [2.05, 4.69) is 34.6 Å². The number of benzene rings is 1. The average Bonchev–Trinajstić information content (AvgIpc) is 2.62. The van der Waals surface area contributed by atoms with E-state index < -0.39 is 0 Å². The van der Waals surface area contributed by atoms with Gasteiger partial charge in [-0.1, -0.05) is 6.92 Å². The highest BCUT2D eigenvalue weighted by atomic mass is 16.3. The van der Waals surface area contributed by atoms with Crippen molar-refractivity contribution in [2.45, 2.75) is 54.0 Å². The highest BCUT2D eigenvalue weighted by Gasteiger charge is 2.26. The number of aryl methyl sites for hydroxylation is 1. The fourth-order valence-electron chi connectivity index (χ4n) is 3.14. The molecule has 1 heterocycles. The summed E-state index contributed by atoms with van der Waals surface area (Å²) >= 11 is 0. The Morgan fingerprint density at radius 2 is 1.74 bits per heavy atom. The van der Waals surface area contributed by atoms with Crippen molar-refractivity contribution in [3.63, 3.8) is 0 Å². The molecule has 2 heteroatoms. The second kappa shape index (κ2) is 4.84. The number of hydrogen-bond donors (Lipinski definition) is 1. The fraction of sp³-hybridized carbons (Fsp3) is 0.471. The highest BCUT2D eigenvalue weighted by molar-refractivity contribution is 6.01. The van der Waals surface area contributed by atoms with Gasteiger partial charge in [0.1, 0.15) is 5.75 Å². The molecule has 102 valence electrons. The van der Waals surface area contributed by atoms with E-state index in [-0.39, 0.29) is 6.04 Å². The second-order valence-electron chi connectivity index (χ2n) is 5.51. The molecule has 2 rings (SSSR count). The van der Waals surface area contributed by atoms with Gasteiger partial charge in [-0.25, -0.2) is 0 Å². The zero-order valence-electron chi connectivity index (χ0n) is 12.8. The van der Waals surface area contributed by atoms with Crippen molar-refractivity contribution < 1.29 is 5.11 Å². The first-order chi connectivity index (χ1) is 8.88. The molecule has 0 aliphatic carbocycles. The van der Waals surface area contributed by atoms with E-state index in [0.29, 0.717) is 5.75 Å². The van der Waals surface area contributed by atoms with Crippen LogP contribution in [0.3, 0.4) is 0 Å². The van der Waals surface area contributed by atoms with Crippen molar-refractivity contribution in [1.82, 2.24) is 0 Å². The van der Waals surface area contributed by atoms with Gasteiger partial charge in [-0.15, -0.1) is 0 Å². The minimum absolute atomic E-state index is 0.134. The third-order valence-corrected chi connectivity index (χ3v) is 4.40. The van der Waals surface area contributed by atoms with Gasteiger partial charge in [0.2, 0.25) is 0 Å². The second-order valence-corrected chi connectivity index (χ2v) is 5.51. The number of rotatable bonds is 2. The Morgan fingerprint density at radius 3 is 2.26 bits per heavy atom. The van der Waals surface area contributed by atoms with Gasteiger partial charge in [0, 0.05) is 5.71 Å². The SMILES string of the molecule is CCC1=C(C)C(c2c(C)cc(O)c(C)c2C)N=C1C. The Kier molecular flexibility index (Phi) is 3.53. The Labute approximate surface area is 115 Å². The van der Waals surface area contributed by atoms with Crippen molar-refractivity contribution in [2.24, 2.45) is 4.99 Å². The van der Waals surface area contributed by atoms with Crippen LogP contribution in [0.1, 0.15) is 55.5 Å². The molecular formula is C17H23NO. The molecule has 0 fully saturated rings. The largest absolute Gasteiger partial charge is 0.508 e. The van der Waals surface area contributed by atoms with Crippen LogP contribution >= 0.6 is 0 Å². The third-order valence-electron chi connectivity index (χ3n) is 4.40. The summed E-state index contributed by atoms with van der Waals surface area (Å²) in [6.45, 7) is 12.6. The minimum atomic E-state index is 0.134. The quantitative estimate of drug-likeness (QED) is 0.827. The molecule has 0 spiro atoms. The zero-order chi connectivity index (χ0) is 14.3. The molecule has 1 aromatic rings. The van der Waals surface area contributed by atoms with Gasteiger partial charge in [0.15, 0.2) is 0 Å². The van der Waals surface area contributed by atoms with Crippen LogP contribution in [0.15, 0.2) is 22.2 Å². The molecule has 0 amide bonds. The van der Waals surface area contributed by atoms with E-state index in [1.54, 1.807) is 0 Å². The van der Waals surface area contributed by atoms with Gasteiger partial charge < -0.3 is 5.11 Å². The summed E-state index contributed by atoms with van der Waals surface area (Å²) in [5.74, 6) is 0.384. The maximum absolute atomic E-state index is 9.92. The molecule has 1 N–H and O–H groups in total. The van der Waals surface area contributed by atoms with Crippen LogP contribution in [0.4, 0.5) is 0 Å². The predicted octanol–water partition coefficient (Wildman–Crippen LogP) is 4.56. The maximum Gasteiger partial charge on any atom is 0.119 e. The molecule has 0 aromatic heterocycles. The summed E-state index contributed by atoms with van der Waals surface area (Å²) < 4.78 is 0. The van der Waals surface area contributed by atoms with Gasteiger partial charge in [-0.3, -0.25) is 4.99 Å². The smallest absolute Gasteiger partial charge is 0.119 e. The fourth-order valence-corrected chi connectivity index (χ4v) is 3.14. The van der Waals surface area contributed by atoms with Gasteiger partial charge in [0.25, 0.3) is 0 Å². The van der Waals surface area contributed by atoms with E-state index in [4.69, 9.17) is 4.99 Å².